The van der Waals surface area contributed by atoms with Crippen LogP contribution in [-0.4, -0.2) is 17.6 Å². The topological polar surface area (TPSA) is 59.2 Å². The fourth-order valence-electron chi connectivity index (χ4n) is 1.56. The van der Waals surface area contributed by atoms with E-state index in [0.29, 0.717) is 5.69 Å². The number of aryl methyl sites for hydroxylation is 1. The SMILES string of the molecule is CCOC(=O)c1c(C(C)C)[nH]c(C)cc1=O. The second kappa shape index (κ2) is 4.96. The Morgan fingerprint density at radius 2 is 2.12 bits per heavy atom. The van der Waals surface area contributed by atoms with Gasteiger partial charge >= 0.3 is 5.97 Å². The van der Waals surface area contributed by atoms with Crippen LogP contribution in [0.1, 0.15) is 48.4 Å². The number of hydrogen-bond acceptors (Lipinski definition) is 3. The second-order valence-corrected chi connectivity index (χ2v) is 3.98. The van der Waals surface area contributed by atoms with E-state index in [1.54, 1.807) is 13.8 Å². The summed E-state index contributed by atoms with van der Waals surface area (Å²) in [7, 11) is 0. The summed E-state index contributed by atoms with van der Waals surface area (Å²) in [5.41, 5.74) is 1.24. The summed E-state index contributed by atoms with van der Waals surface area (Å²) in [6.45, 7) is 7.63. The van der Waals surface area contributed by atoms with E-state index in [1.165, 1.54) is 6.07 Å². The first-order chi connectivity index (χ1) is 7.47. The van der Waals surface area contributed by atoms with Crippen molar-refractivity contribution in [3.05, 3.63) is 33.2 Å². The number of nitrogens with one attached hydrogen (secondary N) is 1. The van der Waals surface area contributed by atoms with Gasteiger partial charge in [0.2, 0.25) is 0 Å². The number of ether oxygens (including phenoxy) is 1. The molecule has 0 amide bonds. The fraction of sp³-hybridized carbons (Fsp3) is 0.500. The van der Waals surface area contributed by atoms with E-state index in [1.807, 2.05) is 13.8 Å². The van der Waals surface area contributed by atoms with Gasteiger partial charge in [0.25, 0.3) is 0 Å². The predicted octanol–water partition coefficient (Wildman–Crippen LogP) is 1.98. The largest absolute Gasteiger partial charge is 0.462 e. The van der Waals surface area contributed by atoms with E-state index >= 15 is 0 Å². The second-order valence-electron chi connectivity index (χ2n) is 3.98. The summed E-state index contributed by atoms with van der Waals surface area (Å²) in [4.78, 5) is 26.5. The van der Waals surface area contributed by atoms with Crippen LogP contribution in [0.3, 0.4) is 0 Å². The van der Waals surface area contributed by atoms with Crippen molar-refractivity contribution >= 4 is 5.97 Å². The van der Waals surface area contributed by atoms with Gasteiger partial charge in [0.05, 0.1) is 6.61 Å². The summed E-state index contributed by atoms with van der Waals surface area (Å²) < 4.78 is 4.88. The van der Waals surface area contributed by atoms with Crippen molar-refractivity contribution in [2.24, 2.45) is 0 Å². The fourth-order valence-corrected chi connectivity index (χ4v) is 1.56. The Labute approximate surface area is 94.6 Å². The summed E-state index contributed by atoms with van der Waals surface area (Å²) in [5, 5.41) is 0. The zero-order valence-corrected chi connectivity index (χ0v) is 10.1. The number of pyridine rings is 1. The maximum Gasteiger partial charge on any atom is 0.343 e. The Morgan fingerprint density at radius 1 is 1.50 bits per heavy atom. The van der Waals surface area contributed by atoms with Gasteiger partial charge in [-0.15, -0.1) is 0 Å². The van der Waals surface area contributed by atoms with Crippen LogP contribution in [0.2, 0.25) is 0 Å². The number of H-pyrrole nitrogens is 1. The highest BCUT2D eigenvalue weighted by atomic mass is 16.5. The lowest BCUT2D eigenvalue weighted by Gasteiger charge is -2.12. The Bertz CT molecular complexity index is 446. The highest BCUT2D eigenvalue weighted by Gasteiger charge is 2.19. The van der Waals surface area contributed by atoms with Gasteiger partial charge in [0, 0.05) is 17.5 Å². The number of aromatic nitrogens is 1. The molecule has 0 saturated carbocycles. The highest BCUT2D eigenvalue weighted by molar-refractivity contribution is 5.90. The first kappa shape index (κ1) is 12.5. The van der Waals surface area contributed by atoms with E-state index in [2.05, 4.69) is 4.98 Å². The van der Waals surface area contributed by atoms with Crippen molar-refractivity contribution < 1.29 is 9.53 Å². The van der Waals surface area contributed by atoms with Crippen LogP contribution in [-0.2, 0) is 4.74 Å². The molecule has 0 atom stereocenters. The number of esters is 1. The van der Waals surface area contributed by atoms with Crippen molar-refractivity contribution in [2.75, 3.05) is 6.61 Å². The van der Waals surface area contributed by atoms with Gasteiger partial charge in [0.15, 0.2) is 5.43 Å². The first-order valence-corrected chi connectivity index (χ1v) is 5.38. The number of hydrogen-bond donors (Lipinski definition) is 1. The molecule has 1 N–H and O–H groups in total. The third-order valence-corrected chi connectivity index (χ3v) is 2.25. The van der Waals surface area contributed by atoms with Crippen LogP contribution >= 0.6 is 0 Å². The summed E-state index contributed by atoms with van der Waals surface area (Å²) in [6, 6.07) is 1.41. The zero-order valence-electron chi connectivity index (χ0n) is 10.1. The van der Waals surface area contributed by atoms with Gasteiger partial charge in [-0.2, -0.15) is 0 Å². The van der Waals surface area contributed by atoms with Crippen molar-refractivity contribution in [2.45, 2.75) is 33.6 Å². The summed E-state index contributed by atoms with van der Waals surface area (Å²) in [6.07, 6.45) is 0. The minimum absolute atomic E-state index is 0.0759. The smallest absolute Gasteiger partial charge is 0.343 e. The van der Waals surface area contributed by atoms with Gasteiger partial charge < -0.3 is 9.72 Å². The number of aromatic amines is 1. The van der Waals surface area contributed by atoms with E-state index in [9.17, 15) is 9.59 Å². The average Bonchev–Trinajstić information content (AvgIpc) is 2.16. The third kappa shape index (κ3) is 2.51. The number of rotatable bonds is 3. The molecular formula is C12H17NO3. The normalized spacial score (nSPS) is 10.6. The van der Waals surface area contributed by atoms with Crippen molar-refractivity contribution in [1.82, 2.24) is 4.98 Å². The first-order valence-electron chi connectivity index (χ1n) is 5.38. The van der Waals surface area contributed by atoms with E-state index in [4.69, 9.17) is 4.74 Å². The zero-order chi connectivity index (χ0) is 12.3. The minimum Gasteiger partial charge on any atom is -0.462 e. The molecular weight excluding hydrogens is 206 g/mol. The van der Waals surface area contributed by atoms with E-state index in [0.717, 1.165) is 5.69 Å². The molecule has 4 nitrogen and oxygen atoms in total. The standard InChI is InChI=1S/C12H17NO3/c1-5-16-12(15)10-9(14)6-8(4)13-11(10)7(2)3/h6-7H,5H2,1-4H3,(H,13,14). The lowest BCUT2D eigenvalue weighted by molar-refractivity contribution is 0.0522. The summed E-state index contributed by atoms with van der Waals surface area (Å²) >= 11 is 0. The lowest BCUT2D eigenvalue weighted by atomic mass is 10.0. The van der Waals surface area contributed by atoms with Gasteiger partial charge in [0.1, 0.15) is 5.56 Å². The quantitative estimate of drug-likeness (QED) is 0.797. The predicted molar refractivity (Wildman–Crippen MR) is 61.8 cm³/mol. The van der Waals surface area contributed by atoms with Crippen molar-refractivity contribution in [1.29, 1.82) is 0 Å². The number of carbonyl (C=O) groups is 1. The van der Waals surface area contributed by atoms with Crippen LogP contribution in [0.4, 0.5) is 0 Å². The molecule has 0 unspecified atom stereocenters. The molecule has 88 valence electrons. The molecule has 0 bridgehead atoms. The van der Waals surface area contributed by atoms with Crippen LogP contribution in [0.5, 0.6) is 0 Å². The van der Waals surface area contributed by atoms with Gasteiger partial charge in [-0.25, -0.2) is 4.79 Å². The molecule has 1 aromatic rings. The molecule has 0 radical (unpaired) electrons. The molecule has 0 aromatic carbocycles. The third-order valence-electron chi connectivity index (χ3n) is 2.25. The van der Waals surface area contributed by atoms with Crippen molar-refractivity contribution in [3.63, 3.8) is 0 Å². The molecule has 16 heavy (non-hydrogen) atoms. The summed E-state index contributed by atoms with van der Waals surface area (Å²) in [5.74, 6) is -0.473. The van der Waals surface area contributed by atoms with Gasteiger partial charge in [-0.1, -0.05) is 13.8 Å². The molecule has 4 heteroatoms. The molecule has 1 heterocycles. The molecule has 1 rings (SSSR count). The molecule has 0 saturated heterocycles. The molecule has 1 aromatic heterocycles. The van der Waals surface area contributed by atoms with Crippen LogP contribution in [0, 0.1) is 6.92 Å². The van der Waals surface area contributed by atoms with E-state index in [-0.39, 0.29) is 23.5 Å². The molecule has 0 aliphatic carbocycles. The Balaban J connectivity index is 3.35. The van der Waals surface area contributed by atoms with E-state index < -0.39 is 5.97 Å². The van der Waals surface area contributed by atoms with Gasteiger partial charge in [-0.3, -0.25) is 4.79 Å². The molecule has 0 aliphatic rings. The van der Waals surface area contributed by atoms with Crippen LogP contribution in [0.25, 0.3) is 0 Å². The van der Waals surface area contributed by atoms with Crippen molar-refractivity contribution in [3.8, 4) is 0 Å². The highest BCUT2D eigenvalue weighted by Crippen LogP contribution is 2.15. The maximum absolute atomic E-state index is 11.8. The lowest BCUT2D eigenvalue weighted by Crippen LogP contribution is -2.22. The van der Waals surface area contributed by atoms with Gasteiger partial charge in [-0.05, 0) is 19.8 Å². The minimum atomic E-state index is -0.549. The molecule has 0 fully saturated rings. The van der Waals surface area contributed by atoms with Crippen LogP contribution in [0.15, 0.2) is 10.9 Å². The maximum atomic E-state index is 11.8. The molecule has 0 aliphatic heterocycles. The Morgan fingerprint density at radius 3 is 2.62 bits per heavy atom. The Hall–Kier alpha value is -1.58. The monoisotopic (exact) mass is 223 g/mol. The average molecular weight is 223 g/mol. The number of carbonyl (C=O) groups excluding carboxylic acids is 1. The molecule has 0 spiro atoms. The van der Waals surface area contributed by atoms with Crippen LogP contribution < -0.4 is 5.43 Å². The Kier molecular flexibility index (Phi) is 3.88.